The van der Waals surface area contributed by atoms with Crippen LogP contribution in [0, 0.1) is 0 Å². The van der Waals surface area contributed by atoms with Crippen LogP contribution in [0.5, 0.6) is 0 Å². The van der Waals surface area contributed by atoms with Crippen molar-refractivity contribution < 1.29 is 5.11 Å². The maximum absolute atomic E-state index is 10.6. The number of aliphatic hydroxyl groups is 1. The van der Waals surface area contributed by atoms with Crippen molar-refractivity contribution in [3.05, 3.63) is 42.1 Å². The van der Waals surface area contributed by atoms with E-state index in [2.05, 4.69) is 28.7 Å². The van der Waals surface area contributed by atoms with Crippen LogP contribution in [0.15, 0.2) is 36.5 Å². The Labute approximate surface area is 132 Å². The molecule has 1 aliphatic rings. The predicted octanol–water partition coefficient (Wildman–Crippen LogP) is 2.87. The lowest BCUT2D eigenvalue weighted by atomic mass is 9.85. The Morgan fingerprint density at radius 1 is 1.18 bits per heavy atom. The number of nitrogens with one attached hydrogen (secondary N) is 1. The van der Waals surface area contributed by atoms with Crippen LogP contribution in [-0.2, 0) is 13.6 Å². The summed E-state index contributed by atoms with van der Waals surface area (Å²) in [6.45, 7) is 1.40. The second kappa shape index (κ2) is 6.63. The molecular formula is C18H25N3O. The molecular weight excluding hydrogens is 274 g/mol. The Morgan fingerprint density at radius 3 is 2.64 bits per heavy atom. The van der Waals surface area contributed by atoms with Gasteiger partial charge in [0.2, 0.25) is 0 Å². The predicted molar refractivity (Wildman–Crippen MR) is 88.4 cm³/mol. The monoisotopic (exact) mass is 299 g/mol. The fourth-order valence-corrected chi connectivity index (χ4v) is 3.32. The highest BCUT2D eigenvalue weighted by atomic mass is 16.3. The van der Waals surface area contributed by atoms with E-state index in [1.165, 1.54) is 12.0 Å². The summed E-state index contributed by atoms with van der Waals surface area (Å²) >= 11 is 0. The molecule has 0 unspecified atom stereocenters. The fraction of sp³-hybridized carbons (Fsp3) is 0.500. The molecule has 1 aliphatic carbocycles. The molecule has 3 rings (SSSR count). The summed E-state index contributed by atoms with van der Waals surface area (Å²) in [5.41, 5.74) is 2.81. The fourth-order valence-electron chi connectivity index (χ4n) is 3.32. The second-order valence-corrected chi connectivity index (χ2v) is 6.43. The maximum atomic E-state index is 10.6. The largest absolute Gasteiger partial charge is 0.389 e. The van der Waals surface area contributed by atoms with Crippen LogP contribution in [0.1, 0.15) is 37.7 Å². The quantitative estimate of drug-likeness (QED) is 0.892. The Balaban J connectivity index is 1.66. The van der Waals surface area contributed by atoms with E-state index in [1.54, 1.807) is 0 Å². The molecule has 22 heavy (non-hydrogen) atoms. The van der Waals surface area contributed by atoms with Crippen LogP contribution in [0.25, 0.3) is 11.3 Å². The average Bonchev–Trinajstić information content (AvgIpc) is 2.90. The van der Waals surface area contributed by atoms with E-state index in [0.29, 0.717) is 6.54 Å². The van der Waals surface area contributed by atoms with Crippen LogP contribution in [0.2, 0.25) is 0 Å². The summed E-state index contributed by atoms with van der Waals surface area (Å²) in [6.07, 6.45) is 7.42. The van der Waals surface area contributed by atoms with Gasteiger partial charge in [0, 0.05) is 37.5 Å². The van der Waals surface area contributed by atoms with Crippen LogP contribution in [0.4, 0.5) is 0 Å². The zero-order valence-electron chi connectivity index (χ0n) is 13.3. The molecule has 2 aromatic rings. The number of nitrogens with zero attached hydrogens (tertiary/aromatic N) is 2. The molecule has 0 bridgehead atoms. The van der Waals surface area contributed by atoms with E-state index in [9.17, 15) is 5.11 Å². The molecule has 1 fully saturated rings. The summed E-state index contributed by atoms with van der Waals surface area (Å²) in [5.74, 6) is 0. The Hall–Kier alpha value is -1.65. The minimum absolute atomic E-state index is 0.520. The van der Waals surface area contributed by atoms with E-state index in [-0.39, 0.29) is 0 Å². The van der Waals surface area contributed by atoms with Gasteiger partial charge in [-0.2, -0.15) is 5.10 Å². The summed E-state index contributed by atoms with van der Waals surface area (Å²) < 4.78 is 1.86. The molecule has 0 radical (unpaired) electrons. The first-order valence-electron chi connectivity index (χ1n) is 8.17. The second-order valence-electron chi connectivity index (χ2n) is 6.43. The van der Waals surface area contributed by atoms with Crippen LogP contribution in [-0.4, -0.2) is 27.0 Å². The lowest BCUT2D eigenvalue weighted by Crippen LogP contribution is -2.41. The van der Waals surface area contributed by atoms with Gasteiger partial charge in [-0.05, 0) is 12.8 Å². The molecule has 1 aromatic carbocycles. The molecule has 1 aromatic heterocycles. The van der Waals surface area contributed by atoms with E-state index >= 15 is 0 Å². The Morgan fingerprint density at radius 2 is 1.91 bits per heavy atom. The van der Waals surface area contributed by atoms with E-state index in [0.717, 1.165) is 43.5 Å². The third kappa shape index (κ3) is 3.57. The number of aromatic nitrogens is 2. The number of hydrogen-bond acceptors (Lipinski definition) is 3. The van der Waals surface area contributed by atoms with Gasteiger partial charge < -0.3 is 10.4 Å². The lowest BCUT2D eigenvalue weighted by molar-refractivity contribution is 0.00468. The van der Waals surface area contributed by atoms with Gasteiger partial charge in [0.05, 0.1) is 11.3 Å². The molecule has 4 heteroatoms. The smallest absolute Gasteiger partial charge is 0.0967 e. The van der Waals surface area contributed by atoms with Crippen molar-refractivity contribution in [3.63, 3.8) is 0 Å². The molecule has 1 saturated carbocycles. The van der Waals surface area contributed by atoms with Gasteiger partial charge >= 0.3 is 0 Å². The minimum atomic E-state index is -0.520. The molecule has 0 saturated heterocycles. The number of hydrogen-bond donors (Lipinski definition) is 2. The zero-order valence-corrected chi connectivity index (χ0v) is 13.3. The summed E-state index contributed by atoms with van der Waals surface area (Å²) in [7, 11) is 1.95. The van der Waals surface area contributed by atoms with Gasteiger partial charge in [0.15, 0.2) is 0 Å². The molecule has 2 N–H and O–H groups in total. The summed E-state index contributed by atoms with van der Waals surface area (Å²) in [6, 6.07) is 10.3. The Kier molecular flexibility index (Phi) is 4.60. The van der Waals surface area contributed by atoms with Crippen molar-refractivity contribution in [1.29, 1.82) is 0 Å². The van der Waals surface area contributed by atoms with E-state index in [1.807, 2.05) is 29.9 Å². The van der Waals surface area contributed by atoms with Crippen LogP contribution < -0.4 is 5.32 Å². The van der Waals surface area contributed by atoms with Gasteiger partial charge in [-0.15, -0.1) is 0 Å². The highest BCUT2D eigenvalue weighted by molar-refractivity contribution is 5.62. The molecule has 118 valence electrons. The van der Waals surface area contributed by atoms with Gasteiger partial charge in [0.1, 0.15) is 0 Å². The van der Waals surface area contributed by atoms with E-state index < -0.39 is 5.60 Å². The first-order valence-corrected chi connectivity index (χ1v) is 8.17. The van der Waals surface area contributed by atoms with Crippen molar-refractivity contribution in [2.75, 3.05) is 6.54 Å². The standard InChI is InChI=1S/C18H25N3O/c1-21-13-16(17(20-21)15-8-4-2-5-9-15)12-19-14-18(22)10-6-3-7-11-18/h2,4-5,8-9,13,19,22H,3,6-7,10-12,14H2,1H3. The maximum Gasteiger partial charge on any atom is 0.0967 e. The normalized spacial score (nSPS) is 17.5. The molecule has 0 amide bonds. The average molecular weight is 299 g/mol. The van der Waals surface area contributed by atoms with Crippen LogP contribution in [0.3, 0.4) is 0 Å². The van der Waals surface area contributed by atoms with Crippen molar-refractivity contribution in [2.24, 2.45) is 7.05 Å². The minimum Gasteiger partial charge on any atom is -0.389 e. The summed E-state index contributed by atoms with van der Waals surface area (Å²) in [4.78, 5) is 0. The van der Waals surface area contributed by atoms with Crippen LogP contribution >= 0.6 is 0 Å². The SMILES string of the molecule is Cn1cc(CNCC2(O)CCCCC2)c(-c2ccccc2)n1. The topological polar surface area (TPSA) is 50.1 Å². The number of aryl methyl sites for hydroxylation is 1. The highest BCUT2D eigenvalue weighted by Crippen LogP contribution is 2.27. The van der Waals surface area contributed by atoms with E-state index in [4.69, 9.17) is 0 Å². The lowest BCUT2D eigenvalue weighted by Gasteiger charge is -2.32. The highest BCUT2D eigenvalue weighted by Gasteiger charge is 2.28. The van der Waals surface area contributed by atoms with Crippen molar-refractivity contribution in [3.8, 4) is 11.3 Å². The third-order valence-electron chi connectivity index (χ3n) is 4.51. The van der Waals surface area contributed by atoms with Crippen molar-refractivity contribution >= 4 is 0 Å². The zero-order chi connectivity index (χ0) is 15.4. The number of rotatable bonds is 5. The van der Waals surface area contributed by atoms with Crippen molar-refractivity contribution in [1.82, 2.24) is 15.1 Å². The van der Waals surface area contributed by atoms with Crippen molar-refractivity contribution in [2.45, 2.75) is 44.2 Å². The first kappa shape index (κ1) is 15.3. The van der Waals surface area contributed by atoms with Gasteiger partial charge in [0.25, 0.3) is 0 Å². The summed E-state index contributed by atoms with van der Waals surface area (Å²) in [5, 5.41) is 18.6. The molecule has 0 aliphatic heterocycles. The van der Waals surface area contributed by atoms with Gasteiger partial charge in [-0.1, -0.05) is 49.6 Å². The molecule has 1 heterocycles. The molecule has 4 nitrogen and oxygen atoms in total. The number of benzene rings is 1. The van der Waals surface area contributed by atoms with Gasteiger partial charge in [-0.3, -0.25) is 4.68 Å². The van der Waals surface area contributed by atoms with Gasteiger partial charge in [-0.25, -0.2) is 0 Å². The molecule has 0 atom stereocenters. The molecule has 0 spiro atoms. The first-order chi connectivity index (χ1) is 10.7. The Bertz CT molecular complexity index is 600. The third-order valence-corrected chi connectivity index (χ3v) is 4.51.